The van der Waals surface area contributed by atoms with Crippen molar-refractivity contribution in [3.8, 4) is 0 Å². The SMILES string of the molecule is C[C@@H]1CN2c3cc(Cl)ccc3C[C@H]2CN1.Cl. The van der Waals surface area contributed by atoms with E-state index < -0.39 is 0 Å². The standard InChI is InChI=1S/C12H15ClN2.ClH/c1-8-7-15-11(6-14-8)4-9-2-3-10(13)5-12(9)15;/h2-3,5,8,11,14H,4,6-7H2,1H3;1H/t8-,11+;/m1./s1. The molecule has 4 heteroatoms. The first-order chi connectivity index (χ1) is 7.24. The zero-order valence-corrected chi connectivity index (χ0v) is 10.8. The second-order valence-electron chi connectivity index (χ2n) is 4.59. The van der Waals surface area contributed by atoms with Gasteiger partial charge in [0.15, 0.2) is 0 Å². The predicted molar refractivity (Wildman–Crippen MR) is 71.0 cm³/mol. The molecule has 0 spiro atoms. The Bertz CT molecular complexity index is 395. The molecule has 2 atom stereocenters. The fourth-order valence-corrected chi connectivity index (χ4v) is 2.83. The summed E-state index contributed by atoms with van der Waals surface area (Å²) in [6, 6.07) is 7.48. The summed E-state index contributed by atoms with van der Waals surface area (Å²) in [5, 5.41) is 4.38. The van der Waals surface area contributed by atoms with Crippen LogP contribution in [-0.2, 0) is 6.42 Å². The first-order valence-electron chi connectivity index (χ1n) is 5.52. The van der Waals surface area contributed by atoms with Crippen molar-refractivity contribution in [1.29, 1.82) is 0 Å². The molecule has 2 aliphatic heterocycles. The molecule has 1 aromatic carbocycles. The zero-order valence-electron chi connectivity index (χ0n) is 9.24. The molecule has 2 nitrogen and oxygen atoms in total. The molecule has 0 radical (unpaired) electrons. The molecule has 1 saturated heterocycles. The van der Waals surface area contributed by atoms with Crippen LogP contribution in [-0.4, -0.2) is 25.2 Å². The molecule has 0 amide bonds. The lowest BCUT2D eigenvalue weighted by Crippen LogP contribution is -2.54. The van der Waals surface area contributed by atoms with Crippen LogP contribution in [0.1, 0.15) is 12.5 Å². The fourth-order valence-electron chi connectivity index (χ4n) is 2.66. The van der Waals surface area contributed by atoms with Crippen LogP contribution in [0.5, 0.6) is 0 Å². The van der Waals surface area contributed by atoms with E-state index in [4.69, 9.17) is 11.6 Å². The van der Waals surface area contributed by atoms with Crippen molar-refractivity contribution in [1.82, 2.24) is 5.32 Å². The molecule has 0 saturated carbocycles. The lowest BCUT2D eigenvalue weighted by Gasteiger charge is -2.36. The van der Waals surface area contributed by atoms with Gasteiger partial charge < -0.3 is 10.2 Å². The summed E-state index contributed by atoms with van der Waals surface area (Å²) in [4.78, 5) is 2.50. The van der Waals surface area contributed by atoms with Gasteiger partial charge in [-0.3, -0.25) is 0 Å². The van der Waals surface area contributed by atoms with Crippen molar-refractivity contribution in [2.24, 2.45) is 0 Å². The molecule has 3 rings (SSSR count). The van der Waals surface area contributed by atoms with Gasteiger partial charge in [-0.15, -0.1) is 12.4 Å². The van der Waals surface area contributed by atoms with Crippen molar-refractivity contribution in [3.63, 3.8) is 0 Å². The maximum atomic E-state index is 6.05. The third kappa shape index (κ3) is 1.90. The van der Waals surface area contributed by atoms with Gasteiger partial charge in [0.1, 0.15) is 0 Å². The first-order valence-corrected chi connectivity index (χ1v) is 5.90. The van der Waals surface area contributed by atoms with Crippen LogP contribution >= 0.6 is 24.0 Å². The van der Waals surface area contributed by atoms with Crippen molar-refractivity contribution in [2.45, 2.75) is 25.4 Å². The highest BCUT2D eigenvalue weighted by Crippen LogP contribution is 2.35. The quantitative estimate of drug-likeness (QED) is 0.770. The number of nitrogens with zero attached hydrogens (tertiary/aromatic N) is 1. The largest absolute Gasteiger partial charge is 0.365 e. The Morgan fingerprint density at radius 1 is 1.44 bits per heavy atom. The highest BCUT2D eigenvalue weighted by atomic mass is 35.5. The van der Waals surface area contributed by atoms with Gasteiger partial charge in [0.05, 0.1) is 0 Å². The minimum atomic E-state index is 0. The van der Waals surface area contributed by atoms with E-state index >= 15 is 0 Å². The smallest absolute Gasteiger partial charge is 0.0456 e. The molecule has 1 N–H and O–H groups in total. The second-order valence-corrected chi connectivity index (χ2v) is 5.03. The average Bonchev–Trinajstić information content (AvgIpc) is 2.56. The van der Waals surface area contributed by atoms with Gasteiger partial charge in [-0.05, 0) is 31.0 Å². The molecule has 88 valence electrons. The Morgan fingerprint density at radius 3 is 3.06 bits per heavy atom. The van der Waals surface area contributed by atoms with Gasteiger partial charge in [0.2, 0.25) is 0 Å². The lowest BCUT2D eigenvalue weighted by atomic mass is 10.1. The molecule has 2 aliphatic rings. The minimum absolute atomic E-state index is 0. The van der Waals surface area contributed by atoms with E-state index in [-0.39, 0.29) is 12.4 Å². The maximum Gasteiger partial charge on any atom is 0.0456 e. The lowest BCUT2D eigenvalue weighted by molar-refractivity contribution is 0.422. The number of nitrogens with one attached hydrogen (secondary N) is 1. The van der Waals surface area contributed by atoms with Gasteiger partial charge in [-0.25, -0.2) is 0 Å². The average molecular weight is 259 g/mol. The Kier molecular flexibility index (Phi) is 3.34. The third-order valence-electron chi connectivity index (χ3n) is 3.43. The van der Waals surface area contributed by atoms with E-state index in [1.165, 1.54) is 11.3 Å². The zero-order chi connectivity index (χ0) is 10.4. The molecule has 0 aliphatic carbocycles. The number of hydrogen-bond acceptors (Lipinski definition) is 2. The highest BCUT2D eigenvalue weighted by Gasteiger charge is 2.33. The number of fused-ring (bicyclic) bond motifs is 3. The summed E-state index contributed by atoms with van der Waals surface area (Å²) in [7, 11) is 0. The van der Waals surface area contributed by atoms with Crippen molar-refractivity contribution >= 4 is 29.7 Å². The topological polar surface area (TPSA) is 15.3 Å². The first kappa shape index (κ1) is 12.0. The van der Waals surface area contributed by atoms with Crippen LogP contribution in [0.25, 0.3) is 0 Å². The van der Waals surface area contributed by atoms with Crippen LogP contribution in [0.4, 0.5) is 5.69 Å². The normalized spacial score (nSPS) is 27.0. The Hall–Kier alpha value is -0.440. The summed E-state index contributed by atoms with van der Waals surface area (Å²) in [5.41, 5.74) is 2.79. The van der Waals surface area contributed by atoms with Crippen molar-refractivity contribution in [3.05, 3.63) is 28.8 Å². The summed E-state index contributed by atoms with van der Waals surface area (Å²) in [6.07, 6.45) is 1.16. The summed E-state index contributed by atoms with van der Waals surface area (Å²) < 4.78 is 0. The third-order valence-corrected chi connectivity index (χ3v) is 3.66. The molecule has 0 aromatic heterocycles. The van der Waals surface area contributed by atoms with E-state index in [0.29, 0.717) is 12.1 Å². The van der Waals surface area contributed by atoms with Gasteiger partial charge in [-0.1, -0.05) is 17.7 Å². The van der Waals surface area contributed by atoms with E-state index in [0.717, 1.165) is 24.5 Å². The van der Waals surface area contributed by atoms with Crippen LogP contribution in [0.2, 0.25) is 5.02 Å². The predicted octanol–water partition coefficient (Wildman–Crippen LogP) is 2.48. The summed E-state index contributed by atoms with van der Waals surface area (Å²) >= 11 is 6.05. The van der Waals surface area contributed by atoms with E-state index in [1.54, 1.807) is 0 Å². The van der Waals surface area contributed by atoms with E-state index in [2.05, 4.69) is 29.3 Å². The molecular weight excluding hydrogens is 243 g/mol. The van der Waals surface area contributed by atoms with Crippen LogP contribution in [0.15, 0.2) is 18.2 Å². The number of benzene rings is 1. The Labute approximate surface area is 107 Å². The molecule has 1 aromatic rings. The van der Waals surface area contributed by atoms with Gasteiger partial charge in [0, 0.05) is 35.9 Å². The monoisotopic (exact) mass is 258 g/mol. The molecule has 2 heterocycles. The number of hydrogen-bond donors (Lipinski definition) is 1. The molecule has 16 heavy (non-hydrogen) atoms. The highest BCUT2D eigenvalue weighted by molar-refractivity contribution is 6.30. The Balaban J connectivity index is 0.000000963. The molecule has 0 unspecified atom stereocenters. The molecular formula is C12H16Cl2N2. The number of rotatable bonds is 0. The number of halogens is 2. The van der Waals surface area contributed by atoms with Crippen molar-refractivity contribution in [2.75, 3.05) is 18.0 Å². The number of anilines is 1. The van der Waals surface area contributed by atoms with Gasteiger partial charge in [0.25, 0.3) is 0 Å². The maximum absolute atomic E-state index is 6.05. The minimum Gasteiger partial charge on any atom is -0.365 e. The van der Waals surface area contributed by atoms with E-state index in [1.807, 2.05) is 6.07 Å². The second kappa shape index (κ2) is 4.44. The molecule has 1 fully saturated rings. The van der Waals surface area contributed by atoms with E-state index in [9.17, 15) is 0 Å². The van der Waals surface area contributed by atoms with Gasteiger partial charge >= 0.3 is 0 Å². The summed E-state index contributed by atoms with van der Waals surface area (Å²) in [5.74, 6) is 0. The van der Waals surface area contributed by atoms with Crippen molar-refractivity contribution < 1.29 is 0 Å². The van der Waals surface area contributed by atoms with Gasteiger partial charge in [-0.2, -0.15) is 0 Å². The Morgan fingerprint density at radius 2 is 2.25 bits per heavy atom. The molecule has 0 bridgehead atoms. The van der Waals surface area contributed by atoms with Crippen LogP contribution in [0, 0.1) is 0 Å². The fraction of sp³-hybridized carbons (Fsp3) is 0.500. The summed E-state index contributed by atoms with van der Waals surface area (Å²) in [6.45, 7) is 4.42. The van der Waals surface area contributed by atoms with Crippen LogP contribution < -0.4 is 10.2 Å². The number of piperazine rings is 1. The van der Waals surface area contributed by atoms with Crippen LogP contribution in [0.3, 0.4) is 0 Å².